The average molecular weight is 236 g/mol. The van der Waals surface area contributed by atoms with Gasteiger partial charge in [-0.1, -0.05) is 13.8 Å². The van der Waals surface area contributed by atoms with Crippen LogP contribution in [0.25, 0.3) is 0 Å². The van der Waals surface area contributed by atoms with E-state index < -0.39 is 0 Å². The van der Waals surface area contributed by atoms with Crippen LogP contribution in [0.4, 0.5) is 0 Å². The molecule has 0 saturated carbocycles. The number of nitrogens with zero attached hydrogens (tertiary/aromatic N) is 3. The highest BCUT2D eigenvalue weighted by molar-refractivity contribution is 4.99. The summed E-state index contributed by atoms with van der Waals surface area (Å²) in [5.41, 5.74) is 1.18. The molecule has 1 aliphatic heterocycles. The minimum absolute atomic E-state index is 0.646. The Morgan fingerprint density at radius 2 is 2.35 bits per heavy atom. The Labute approximate surface area is 104 Å². The maximum absolute atomic E-state index is 4.45. The van der Waals surface area contributed by atoms with Gasteiger partial charge < -0.3 is 5.32 Å². The van der Waals surface area contributed by atoms with Crippen LogP contribution in [0.3, 0.4) is 0 Å². The minimum atomic E-state index is 0.646. The summed E-state index contributed by atoms with van der Waals surface area (Å²) in [4.78, 5) is 2.51. The predicted molar refractivity (Wildman–Crippen MR) is 69.7 cm³/mol. The van der Waals surface area contributed by atoms with Gasteiger partial charge in [-0.05, 0) is 18.4 Å². The maximum Gasteiger partial charge on any atom is 0.0764 e. The summed E-state index contributed by atoms with van der Waals surface area (Å²) in [6.07, 6.45) is 3.28. The zero-order chi connectivity index (χ0) is 12.3. The van der Waals surface area contributed by atoms with Crippen molar-refractivity contribution in [3.8, 4) is 0 Å². The fraction of sp³-hybridized carbons (Fsp3) is 0.769. The van der Waals surface area contributed by atoms with Crippen molar-refractivity contribution in [3.63, 3.8) is 0 Å². The van der Waals surface area contributed by atoms with Crippen molar-refractivity contribution >= 4 is 0 Å². The Morgan fingerprint density at radius 3 is 3.00 bits per heavy atom. The highest BCUT2D eigenvalue weighted by Gasteiger charge is 2.20. The zero-order valence-electron chi connectivity index (χ0n) is 11.2. The molecule has 0 spiro atoms. The van der Waals surface area contributed by atoms with Crippen molar-refractivity contribution in [3.05, 3.63) is 18.0 Å². The molecular formula is C13H24N4. The van der Waals surface area contributed by atoms with Gasteiger partial charge in [0.1, 0.15) is 0 Å². The van der Waals surface area contributed by atoms with E-state index in [1.165, 1.54) is 12.1 Å². The molecule has 1 saturated heterocycles. The molecule has 4 heteroatoms. The quantitative estimate of drug-likeness (QED) is 0.854. The summed E-state index contributed by atoms with van der Waals surface area (Å²) in [6, 6.07) is 2.76. The number of rotatable bonds is 4. The third-order valence-corrected chi connectivity index (χ3v) is 3.25. The summed E-state index contributed by atoms with van der Waals surface area (Å²) >= 11 is 0. The molecule has 1 fully saturated rings. The van der Waals surface area contributed by atoms with E-state index in [9.17, 15) is 0 Å². The Hall–Kier alpha value is -0.870. The van der Waals surface area contributed by atoms with Gasteiger partial charge in [0.05, 0.1) is 5.69 Å². The first-order valence-electron chi connectivity index (χ1n) is 6.57. The second kappa shape index (κ2) is 5.65. The Balaban J connectivity index is 1.85. The van der Waals surface area contributed by atoms with Gasteiger partial charge in [0.15, 0.2) is 0 Å². The first-order chi connectivity index (χ1) is 8.13. The zero-order valence-corrected chi connectivity index (χ0v) is 11.2. The van der Waals surface area contributed by atoms with Crippen molar-refractivity contribution < 1.29 is 0 Å². The van der Waals surface area contributed by atoms with E-state index in [1.807, 2.05) is 17.9 Å². The Kier molecular flexibility index (Phi) is 4.18. The van der Waals surface area contributed by atoms with E-state index in [2.05, 4.69) is 35.2 Å². The van der Waals surface area contributed by atoms with E-state index in [4.69, 9.17) is 0 Å². The van der Waals surface area contributed by atoms with Crippen LogP contribution in [0, 0.1) is 5.92 Å². The summed E-state index contributed by atoms with van der Waals surface area (Å²) in [7, 11) is 1.98. The third-order valence-electron chi connectivity index (χ3n) is 3.25. The molecule has 0 bridgehead atoms. The van der Waals surface area contributed by atoms with E-state index in [0.29, 0.717) is 6.04 Å². The molecule has 0 radical (unpaired) electrons. The lowest BCUT2D eigenvalue weighted by atomic mass is 10.0. The van der Waals surface area contributed by atoms with Crippen molar-refractivity contribution in [2.24, 2.45) is 13.0 Å². The molecule has 1 aromatic heterocycles. The lowest BCUT2D eigenvalue weighted by Gasteiger charge is -2.34. The lowest BCUT2D eigenvalue weighted by Crippen LogP contribution is -2.50. The van der Waals surface area contributed by atoms with Gasteiger partial charge in [0.25, 0.3) is 0 Å². The number of nitrogens with one attached hydrogen (secondary N) is 1. The molecule has 0 amide bonds. The number of hydrogen-bond donors (Lipinski definition) is 1. The average Bonchev–Trinajstić information content (AvgIpc) is 2.63. The van der Waals surface area contributed by atoms with Crippen LogP contribution in [0.5, 0.6) is 0 Å². The molecule has 96 valence electrons. The van der Waals surface area contributed by atoms with Gasteiger partial charge in [0.2, 0.25) is 0 Å². The van der Waals surface area contributed by atoms with Crippen molar-refractivity contribution in [1.82, 2.24) is 20.0 Å². The van der Waals surface area contributed by atoms with Crippen LogP contribution in [-0.2, 0) is 13.6 Å². The predicted octanol–water partition coefficient (Wildman–Crippen LogP) is 1.24. The van der Waals surface area contributed by atoms with Crippen LogP contribution in [0.1, 0.15) is 26.0 Å². The number of hydrogen-bond acceptors (Lipinski definition) is 3. The minimum Gasteiger partial charge on any atom is -0.311 e. The van der Waals surface area contributed by atoms with Gasteiger partial charge in [-0.2, -0.15) is 5.10 Å². The largest absolute Gasteiger partial charge is 0.311 e. The molecule has 1 atom stereocenters. The fourth-order valence-electron chi connectivity index (χ4n) is 2.54. The van der Waals surface area contributed by atoms with E-state index in [0.717, 1.165) is 32.1 Å². The van der Waals surface area contributed by atoms with Crippen LogP contribution < -0.4 is 5.32 Å². The standard InChI is InChI=1S/C13H24N4/c1-11(2)8-13-10-17(7-5-14-13)9-12-4-6-16(3)15-12/h4,6,11,13-14H,5,7-10H2,1-3H3. The molecular weight excluding hydrogens is 212 g/mol. The van der Waals surface area contributed by atoms with E-state index >= 15 is 0 Å². The number of aryl methyl sites for hydroxylation is 1. The van der Waals surface area contributed by atoms with Crippen LogP contribution >= 0.6 is 0 Å². The van der Waals surface area contributed by atoms with Gasteiger partial charge in [-0.25, -0.2) is 0 Å². The second-order valence-electron chi connectivity index (χ2n) is 5.50. The van der Waals surface area contributed by atoms with Gasteiger partial charge in [0, 0.05) is 45.5 Å². The van der Waals surface area contributed by atoms with Crippen molar-refractivity contribution in [2.75, 3.05) is 19.6 Å². The molecule has 1 N–H and O–H groups in total. The number of aromatic nitrogens is 2. The highest BCUT2D eigenvalue weighted by atomic mass is 15.3. The summed E-state index contributed by atoms with van der Waals surface area (Å²) in [6.45, 7) is 8.94. The summed E-state index contributed by atoms with van der Waals surface area (Å²) < 4.78 is 1.88. The summed E-state index contributed by atoms with van der Waals surface area (Å²) in [5, 5.41) is 8.05. The Bertz CT molecular complexity index is 345. The first kappa shape index (κ1) is 12.6. The molecule has 2 rings (SSSR count). The van der Waals surface area contributed by atoms with Crippen LogP contribution in [0.2, 0.25) is 0 Å². The second-order valence-corrected chi connectivity index (χ2v) is 5.50. The normalized spacial score (nSPS) is 22.2. The van der Waals surface area contributed by atoms with Gasteiger partial charge in [-0.3, -0.25) is 9.58 Å². The fourth-order valence-corrected chi connectivity index (χ4v) is 2.54. The molecule has 17 heavy (non-hydrogen) atoms. The molecule has 4 nitrogen and oxygen atoms in total. The number of piperazine rings is 1. The molecule has 2 heterocycles. The topological polar surface area (TPSA) is 33.1 Å². The third kappa shape index (κ3) is 3.82. The molecule has 1 aliphatic rings. The molecule has 0 aromatic carbocycles. The first-order valence-corrected chi connectivity index (χ1v) is 6.57. The molecule has 0 aliphatic carbocycles. The van der Waals surface area contributed by atoms with Gasteiger partial charge >= 0.3 is 0 Å². The lowest BCUT2D eigenvalue weighted by molar-refractivity contribution is 0.177. The molecule has 1 unspecified atom stereocenters. The van der Waals surface area contributed by atoms with Crippen molar-refractivity contribution in [2.45, 2.75) is 32.9 Å². The monoisotopic (exact) mass is 236 g/mol. The van der Waals surface area contributed by atoms with Crippen molar-refractivity contribution in [1.29, 1.82) is 0 Å². The summed E-state index contributed by atoms with van der Waals surface area (Å²) in [5.74, 6) is 0.766. The smallest absolute Gasteiger partial charge is 0.0764 e. The maximum atomic E-state index is 4.45. The van der Waals surface area contributed by atoms with Crippen LogP contribution in [-0.4, -0.2) is 40.4 Å². The van der Waals surface area contributed by atoms with E-state index in [-0.39, 0.29) is 0 Å². The highest BCUT2D eigenvalue weighted by Crippen LogP contribution is 2.11. The molecule has 1 aromatic rings. The SMILES string of the molecule is CC(C)CC1CN(Cc2ccn(C)n2)CCN1. The van der Waals surface area contributed by atoms with E-state index in [1.54, 1.807) is 0 Å². The van der Waals surface area contributed by atoms with Gasteiger partial charge in [-0.15, -0.1) is 0 Å². The Morgan fingerprint density at radius 1 is 1.53 bits per heavy atom. The van der Waals surface area contributed by atoms with Crippen LogP contribution in [0.15, 0.2) is 12.3 Å².